The Morgan fingerprint density at radius 3 is 2.50 bits per heavy atom. The summed E-state index contributed by atoms with van der Waals surface area (Å²) in [6.45, 7) is 2.87. The van der Waals surface area contributed by atoms with Gasteiger partial charge in [-0.05, 0) is 23.3 Å². The maximum absolute atomic E-state index is 6.38. The van der Waals surface area contributed by atoms with Crippen molar-refractivity contribution in [1.82, 2.24) is 19.7 Å². The van der Waals surface area contributed by atoms with Crippen molar-refractivity contribution in [2.75, 3.05) is 13.1 Å². The van der Waals surface area contributed by atoms with E-state index in [2.05, 4.69) is 69.6 Å². The first-order valence-electron chi connectivity index (χ1n) is 8.26. The summed E-state index contributed by atoms with van der Waals surface area (Å²) in [5.41, 5.74) is 10.0. The molecule has 5 nitrogen and oxygen atoms in total. The van der Waals surface area contributed by atoms with Gasteiger partial charge in [-0.25, -0.2) is 9.67 Å². The van der Waals surface area contributed by atoms with Crippen molar-refractivity contribution in [2.45, 2.75) is 18.5 Å². The topological polar surface area (TPSA) is 60.0 Å². The van der Waals surface area contributed by atoms with Gasteiger partial charge in [-0.1, -0.05) is 42.5 Å². The monoisotopic (exact) mass is 319 g/mol. The maximum Gasteiger partial charge on any atom is 0.138 e. The largest absolute Gasteiger partial charge is 0.326 e. The minimum Gasteiger partial charge on any atom is -0.326 e. The van der Waals surface area contributed by atoms with E-state index in [1.165, 1.54) is 11.1 Å². The fraction of sp³-hybridized carbons (Fsp3) is 0.263. The summed E-state index contributed by atoms with van der Waals surface area (Å²) in [6, 6.07) is 19.3. The van der Waals surface area contributed by atoms with E-state index in [1.54, 1.807) is 17.3 Å². The van der Waals surface area contributed by atoms with Gasteiger partial charge in [-0.15, -0.1) is 0 Å². The van der Waals surface area contributed by atoms with Crippen molar-refractivity contribution in [1.29, 1.82) is 0 Å². The highest BCUT2D eigenvalue weighted by molar-refractivity contribution is 5.33. The van der Waals surface area contributed by atoms with Crippen LogP contribution in [0, 0.1) is 0 Å². The second kappa shape index (κ2) is 6.55. The number of hydrogen-bond acceptors (Lipinski definition) is 4. The van der Waals surface area contributed by atoms with E-state index in [0.29, 0.717) is 5.92 Å². The van der Waals surface area contributed by atoms with Gasteiger partial charge in [-0.2, -0.15) is 5.10 Å². The number of aromatic nitrogens is 3. The van der Waals surface area contributed by atoms with Crippen molar-refractivity contribution < 1.29 is 0 Å². The van der Waals surface area contributed by atoms with Crippen LogP contribution in [0.1, 0.15) is 17.0 Å². The summed E-state index contributed by atoms with van der Waals surface area (Å²) in [4.78, 5) is 6.42. The highest BCUT2D eigenvalue weighted by atomic mass is 15.3. The van der Waals surface area contributed by atoms with E-state index in [1.807, 2.05) is 0 Å². The Kier molecular flexibility index (Phi) is 4.11. The quantitative estimate of drug-likeness (QED) is 0.801. The molecular weight excluding hydrogens is 298 g/mol. The lowest BCUT2D eigenvalue weighted by molar-refractivity contribution is 0.324. The van der Waals surface area contributed by atoms with Crippen LogP contribution in [0.2, 0.25) is 0 Å². The molecule has 2 heterocycles. The molecule has 2 atom stereocenters. The average molecular weight is 319 g/mol. The number of hydrogen-bond donors (Lipinski definition) is 1. The predicted octanol–water partition coefficient (Wildman–Crippen LogP) is 2.19. The van der Waals surface area contributed by atoms with Crippen molar-refractivity contribution in [3.05, 3.63) is 78.4 Å². The highest BCUT2D eigenvalue weighted by Gasteiger charge is 2.30. The normalized spacial score (nSPS) is 21.2. The molecule has 1 aliphatic rings. The van der Waals surface area contributed by atoms with Crippen LogP contribution >= 0.6 is 0 Å². The van der Waals surface area contributed by atoms with Crippen molar-refractivity contribution in [3.63, 3.8) is 0 Å². The molecule has 0 saturated carbocycles. The first-order chi connectivity index (χ1) is 11.8. The number of nitrogens with two attached hydrogens (primary N) is 1. The van der Waals surface area contributed by atoms with Crippen molar-refractivity contribution in [2.24, 2.45) is 5.73 Å². The minimum absolute atomic E-state index is 0.196. The van der Waals surface area contributed by atoms with Gasteiger partial charge in [0.1, 0.15) is 12.7 Å². The Morgan fingerprint density at radius 2 is 1.79 bits per heavy atom. The first-order valence-corrected chi connectivity index (χ1v) is 8.26. The summed E-state index contributed by atoms with van der Waals surface area (Å²) in [5, 5.41) is 4.15. The molecule has 1 saturated heterocycles. The lowest BCUT2D eigenvalue weighted by atomic mass is 9.95. The molecule has 24 heavy (non-hydrogen) atoms. The van der Waals surface area contributed by atoms with Gasteiger partial charge in [0.2, 0.25) is 0 Å². The molecule has 0 spiro atoms. The molecule has 0 radical (unpaired) electrons. The molecule has 3 aromatic rings. The fourth-order valence-electron chi connectivity index (χ4n) is 3.45. The van der Waals surface area contributed by atoms with E-state index in [0.717, 1.165) is 25.3 Å². The van der Waals surface area contributed by atoms with Crippen LogP contribution in [0.15, 0.2) is 67.3 Å². The van der Waals surface area contributed by atoms with Gasteiger partial charge >= 0.3 is 0 Å². The van der Waals surface area contributed by atoms with Crippen LogP contribution < -0.4 is 5.73 Å². The number of benzene rings is 2. The molecule has 0 aliphatic carbocycles. The van der Waals surface area contributed by atoms with E-state index in [4.69, 9.17) is 5.73 Å². The van der Waals surface area contributed by atoms with Crippen LogP contribution in [0.5, 0.6) is 0 Å². The third kappa shape index (κ3) is 3.09. The molecule has 2 aromatic carbocycles. The molecular formula is C19H21N5. The summed E-state index contributed by atoms with van der Waals surface area (Å²) >= 11 is 0. The standard InChI is InChI=1S/C19H21N5/c20-19-12-23(11-18(19)16-4-2-1-3-5-16)10-15-6-8-17(9-7-15)24-14-21-13-22-24/h1-9,13-14,18-19H,10-12,20H2/t18-,19+/m0/s1. The summed E-state index contributed by atoms with van der Waals surface area (Å²) in [6.07, 6.45) is 3.25. The lowest BCUT2D eigenvalue weighted by Gasteiger charge is -2.16. The van der Waals surface area contributed by atoms with Crippen LogP contribution in [0.3, 0.4) is 0 Å². The second-order valence-corrected chi connectivity index (χ2v) is 6.38. The third-order valence-corrected chi connectivity index (χ3v) is 4.69. The first kappa shape index (κ1) is 15.1. The minimum atomic E-state index is 0.196. The van der Waals surface area contributed by atoms with Gasteiger partial charge in [0, 0.05) is 31.6 Å². The summed E-state index contributed by atoms with van der Waals surface area (Å²) < 4.78 is 1.76. The Labute approximate surface area is 141 Å². The number of likely N-dealkylation sites (tertiary alicyclic amines) is 1. The molecule has 0 amide bonds. The van der Waals surface area contributed by atoms with Crippen LogP contribution in [0.4, 0.5) is 0 Å². The molecule has 2 N–H and O–H groups in total. The summed E-state index contributed by atoms with van der Waals surface area (Å²) in [5.74, 6) is 0.417. The van der Waals surface area contributed by atoms with Crippen LogP contribution in [0.25, 0.3) is 5.69 Å². The Balaban J connectivity index is 1.43. The molecule has 1 aliphatic heterocycles. The molecule has 0 bridgehead atoms. The molecule has 1 aromatic heterocycles. The van der Waals surface area contributed by atoms with Gasteiger partial charge in [-0.3, -0.25) is 4.90 Å². The van der Waals surface area contributed by atoms with E-state index >= 15 is 0 Å². The zero-order chi connectivity index (χ0) is 16.4. The van der Waals surface area contributed by atoms with Crippen LogP contribution in [-0.4, -0.2) is 38.8 Å². The highest BCUT2D eigenvalue weighted by Crippen LogP contribution is 2.27. The zero-order valence-corrected chi connectivity index (χ0v) is 13.5. The lowest BCUT2D eigenvalue weighted by Crippen LogP contribution is -2.28. The molecule has 122 valence electrons. The average Bonchev–Trinajstić information content (AvgIpc) is 3.26. The number of rotatable bonds is 4. The van der Waals surface area contributed by atoms with E-state index in [9.17, 15) is 0 Å². The van der Waals surface area contributed by atoms with Crippen molar-refractivity contribution in [3.8, 4) is 5.69 Å². The molecule has 5 heteroatoms. The van der Waals surface area contributed by atoms with Gasteiger partial charge in [0.15, 0.2) is 0 Å². The number of nitrogens with zero attached hydrogens (tertiary/aromatic N) is 4. The Morgan fingerprint density at radius 1 is 1.00 bits per heavy atom. The third-order valence-electron chi connectivity index (χ3n) is 4.69. The second-order valence-electron chi connectivity index (χ2n) is 6.38. The fourth-order valence-corrected chi connectivity index (χ4v) is 3.45. The van der Waals surface area contributed by atoms with E-state index < -0.39 is 0 Å². The van der Waals surface area contributed by atoms with Gasteiger partial charge in [0.25, 0.3) is 0 Å². The molecule has 1 fully saturated rings. The van der Waals surface area contributed by atoms with Crippen LogP contribution in [-0.2, 0) is 6.54 Å². The summed E-state index contributed by atoms with van der Waals surface area (Å²) in [7, 11) is 0. The molecule has 4 rings (SSSR count). The Bertz CT molecular complexity index is 767. The van der Waals surface area contributed by atoms with E-state index in [-0.39, 0.29) is 6.04 Å². The van der Waals surface area contributed by atoms with Crippen molar-refractivity contribution >= 4 is 0 Å². The van der Waals surface area contributed by atoms with Gasteiger partial charge < -0.3 is 5.73 Å². The zero-order valence-electron chi connectivity index (χ0n) is 13.5. The molecule has 0 unspecified atom stereocenters. The smallest absolute Gasteiger partial charge is 0.138 e. The SMILES string of the molecule is N[C@@H]1CN(Cc2ccc(-n3cncn3)cc2)C[C@H]1c1ccccc1. The predicted molar refractivity (Wildman–Crippen MR) is 93.8 cm³/mol. The van der Waals surface area contributed by atoms with Gasteiger partial charge in [0.05, 0.1) is 5.69 Å². The Hall–Kier alpha value is -2.50. The maximum atomic E-state index is 6.38.